The molecule has 1 aliphatic rings. The molecule has 6 rings (SSSR count). The van der Waals surface area contributed by atoms with Crippen LogP contribution in [-0.4, -0.2) is 16.7 Å². The number of carbonyl (C=O) groups excluding carboxylic acids is 1. The Kier molecular flexibility index (Phi) is 7.75. The number of nitrogens with zero attached hydrogens (tertiary/aromatic N) is 2. The third-order valence-corrected chi connectivity index (χ3v) is 9.80. The molecule has 7 heteroatoms. The predicted molar refractivity (Wildman–Crippen MR) is 172 cm³/mol. The molecule has 1 amide bonds. The van der Waals surface area contributed by atoms with Crippen molar-refractivity contribution in [3.63, 3.8) is 0 Å². The Bertz CT molecular complexity index is 1710. The topological polar surface area (TPSA) is 59.5 Å². The van der Waals surface area contributed by atoms with Crippen LogP contribution in [0.15, 0.2) is 87.0 Å². The van der Waals surface area contributed by atoms with Crippen LogP contribution >= 0.6 is 27.3 Å². The molecular formula is C34H34BrN3O2S. The summed E-state index contributed by atoms with van der Waals surface area (Å²) >= 11 is 5.21. The van der Waals surface area contributed by atoms with Crippen molar-refractivity contribution in [1.29, 1.82) is 0 Å². The van der Waals surface area contributed by atoms with Gasteiger partial charge in [0.25, 0.3) is 5.91 Å². The van der Waals surface area contributed by atoms with Gasteiger partial charge in [-0.3, -0.25) is 4.79 Å². The third kappa shape index (κ3) is 5.97. The van der Waals surface area contributed by atoms with Gasteiger partial charge in [0.1, 0.15) is 10.8 Å². The summed E-state index contributed by atoms with van der Waals surface area (Å²) in [4.78, 5) is 19.9. The Hall–Kier alpha value is -3.42. The first kappa shape index (κ1) is 27.7. The van der Waals surface area contributed by atoms with E-state index in [9.17, 15) is 4.79 Å². The number of amides is 1. The minimum absolute atomic E-state index is 0.0853. The number of nitrogens with one attached hydrogen (secondary N) is 1. The summed E-state index contributed by atoms with van der Waals surface area (Å²) in [6.07, 6.45) is 8.70. The average molecular weight is 629 g/mol. The zero-order chi connectivity index (χ0) is 28.6. The molecule has 0 fully saturated rings. The number of furan rings is 1. The van der Waals surface area contributed by atoms with Crippen LogP contribution < -0.4 is 5.32 Å². The quantitative estimate of drug-likeness (QED) is 0.183. The van der Waals surface area contributed by atoms with E-state index in [0.29, 0.717) is 12.5 Å². The summed E-state index contributed by atoms with van der Waals surface area (Å²) in [5.41, 5.74) is 5.54. The lowest BCUT2D eigenvalue weighted by atomic mass is 9.72. The molecule has 2 aromatic carbocycles. The van der Waals surface area contributed by atoms with Gasteiger partial charge in [-0.2, -0.15) is 0 Å². The van der Waals surface area contributed by atoms with Gasteiger partial charge in [-0.15, -0.1) is 11.3 Å². The molecule has 1 N–H and O–H groups in total. The zero-order valence-corrected chi connectivity index (χ0v) is 26.0. The van der Waals surface area contributed by atoms with E-state index in [1.165, 1.54) is 10.4 Å². The molecule has 0 bridgehead atoms. The van der Waals surface area contributed by atoms with E-state index < -0.39 is 0 Å². The maximum atomic E-state index is 13.6. The maximum Gasteiger partial charge on any atom is 0.255 e. The molecular weight excluding hydrogens is 594 g/mol. The number of fused-ring (bicyclic) bond motifs is 2. The Labute approximate surface area is 253 Å². The van der Waals surface area contributed by atoms with Crippen LogP contribution in [0.4, 0.5) is 5.00 Å². The van der Waals surface area contributed by atoms with Crippen molar-refractivity contribution in [1.82, 2.24) is 9.88 Å². The van der Waals surface area contributed by atoms with Crippen LogP contribution in [0.2, 0.25) is 0 Å². The van der Waals surface area contributed by atoms with Crippen LogP contribution in [0, 0.1) is 11.3 Å². The third-order valence-electron chi connectivity index (χ3n) is 8.11. The largest absolute Gasteiger partial charge is 0.467 e. The molecule has 0 spiro atoms. The van der Waals surface area contributed by atoms with E-state index in [4.69, 9.17) is 9.41 Å². The van der Waals surface area contributed by atoms with E-state index in [-0.39, 0.29) is 11.3 Å². The highest BCUT2D eigenvalue weighted by molar-refractivity contribution is 9.10. The van der Waals surface area contributed by atoms with Crippen molar-refractivity contribution >= 4 is 55.3 Å². The minimum atomic E-state index is -0.0853. The first-order valence-corrected chi connectivity index (χ1v) is 15.7. The minimum Gasteiger partial charge on any atom is -0.467 e. The fourth-order valence-corrected chi connectivity index (χ4v) is 7.26. The Morgan fingerprint density at radius 2 is 1.95 bits per heavy atom. The van der Waals surface area contributed by atoms with E-state index in [2.05, 4.69) is 101 Å². The van der Waals surface area contributed by atoms with E-state index in [1.807, 2.05) is 18.3 Å². The number of aromatic nitrogens is 1. The molecule has 41 heavy (non-hydrogen) atoms. The van der Waals surface area contributed by atoms with Gasteiger partial charge in [0.05, 0.1) is 18.4 Å². The van der Waals surface area contributed by atoms with E-state index >= 15 is 0 Å². The second-order valence-electron chi connectivity index (χ2n) is 11.9. The molecule has 0 unspecified atom stereocenters. The monoisotopic (exact) mass is 627 g/mol. The zero-order valence-electron chi connectivity index (χ0n) is 23.6. The number of hydrogen-bond acceptors (Lipinski definition) is 4. The summed E-state index contributed by atoms with van der Waals surface area (Å²) in [6, 6.07) is 20.6. The van der Waals surface area contributed by atoms with Crippen LogP contribution in [0.5, 0.6) is 0 Å². The second kappa shape index (κ2) is 11.5. The molecule has 3 aromatic heterocycles. The molecule has 3 heterocycles. The summed E-state index contributed by atoms with van der Waals surface area (Å²) in [7, 11) is 0. The van der Waals surface area contributed by atoms with Gasteiger partial charge in [0, 0.05) is 44.8 Å². The maximum absolute atomic E-state index is 13.6. The van der Waals surface area contributed by atoms with Gasteiger partial charge in [-0.1, -0.05) is 67.0 Å². The van der Waals surface area contributed by atoms with Crippen molar-refractivity contribution in [2.45, 2.75) is 53.1 Å². The lowest BCUT2D eigenvalue weighted by molar-refractivity contribution is 0.0947. The van der Waals surface area contributed by atoms with Crippen molar-refractivity contribution in [3.8, 4) is 0 Å². The Morgan fingerprint density at radius 1 is 1.15 bits per heavy atom. The summed E-state index contributed by atoms with van der Waals surface area (Å²) in [5, 5.41) is 5.00. The van der Waals surface area contributed by atoms with Crippen molar-refractivity contribution in [2.75, 3.05) is 0 Å². The van der Waals surface area contributed by atoms with Gasteiger partial charge in [0.2, 0.25) is 0 Å². The molecule has 210 valence electrons. The summed E-state index contributed by atoms with van der Waals surface area (Å²) < 4.78 is 8.79. The van der Waals surface area contributed by atoms with E-state index in [0.717, 1.165) is 68.6 Å². The highest BCUT2D eigenvalue weighted by atomic mass is 79.9. The van der Waals surface area contributed by atoms with Crippen molar-refractivity contribution < 1.29 is 9.21 Å². The smallest absolute Gasteiger partial charge is 0.255 e. The molecule has 5 nitrogen and oxygen atoms in total. The van der Waals surface area contributed by atoms with Gasteiger partial charge >= 0.3 is 0 Å². The highest BCUT2D eigenvalue weighted by Gasteiger charge is 2.33. The van der Waals surface area contributed by atoms with Crippen LogP contribution in [-0.2, 0) is 25.9 Å². The number of halogens is 1. The molecule has 1 atom stereocenters. The number of para-hydroxylation sites is 1. The molecule has 0 radical (unpaired) electrons. The molecule has 0 saturated carbocycles. The number of aliphatic imine (C=N–C) groups is 1. The van der Waals surface area contributed by atoms with Gasteiger partial charge < -0.3 is 14.3 Å². The van der Waals surface area contributed by atoms with Crippen molar-refractivity contribution in [3.05, 3.63) is 110 Å². The summed E-state index contributed by atoms with van der Waals surface area (Å²) in [6.45, 7) is 8.07. The fourth-order valence-electron chi connectivity index (χ4n) is 5.73. The number of benzene rings is 2. The first-order chi connectivity index (χ1) is 19.8. The van der Waals surface area contributed by atoms with Gasteiger partial charge in [-0.05, 0) is 72.1 Å². The number of thiophene rings is 1. The first-order valence-electron chi connectivity index (χ1n) is 14.1. The van der Waals surface area contributed by atoms with Gasteiger partial charge in [0.15, 0.2) is 0 Å². The predicted octanol–water partition coefficient (Wildman–Crippen LogP) is 8.94. The number of carbonyl (C=O) groups is 1. The van der Waals surface area contributed by atoms with E-state index in [1.54, 1.807) is 17.6 Å². The van der Waals surface area contributed by atoms with Crippen LogP contribution in [0.3, 0.4) is 0 Å². The highest BCUT2D eigenvalue weighted by Crippen LogP contribution is 2.45. The Morgan fingerprint density at radius 3 is 2.71 bits per heavy atom. The SMILES string of the molecule is CC(C)(C)[C@@H]1CCc2c(sc(N=Cc3cn(Cc4ccc(Br)cc4)c4ccccc34)c2C(=O)NCc2ccco2)C1. The normalized spacial score (nSPS) is 15.5. The number of hydrogen-bond donors (Lipinski definition) is 1. The fraction of sp³-hybridized carbons (Fsp3) is 0.294. The summed E-state index contributed by atoms with van der Waals surface area (Å²) in [5.74, 6) is 1.23. The van der Waals surface area contributed by atoms with Crippen LogP contribution in [0.25, 0.3) is 10.9 Å². The molecule has 1 aliphatic carbocycles. The molecule has 0 aliphatic heterocycles. The molecule has 5 aromatic rings. The Balaban J connectivity index is 1.34. The number of rotatable bonds is 7. The lowest BCUT2D eigenvalue weighted by Crippen LogP contribution is -2.28. The average Bonchev–Trinajstić information content (AvgIpc) is 3.69. The van der Waals surface area contributed by atoms with Crippen LogP contribution in [0.1, 0.15) is 64.9 Å². The van der Waals surface area contributed by atoms with Crippen molar-refractivity contribution in [2.24, 2.45) is 16.3 Å². The van der Waals surface area contributed by atoms with Gasteiger partial charge in [-0.25, -0.2) is 4.99 Å². The lowest BCUT2D eigenvalue weighted by Gasteiger charge is -2.33. The standard InChI is InChI=1S/C34H34BrN3O2S/c1-34(2,3)24-12-15-28-30(17-24)41-33(31(28)32(39)36-19-26-7-6-16-40-26)37-18-23-21-38(29-9-5-4-8-27(23)29)20-22-10-13-25(35)14-11-22/h4-11,13-14,16,18,21,24H,12,15,17,19-20H2,1-3H3,(H,36,39)/t24-/m1/s1. The molecule has 0 saturated heterocycles. The second-order valence-corrected chi connectivity index (χ2v) is 13.9.